The van der Waals surface area contributed by atoms with Crippen molar-refractivity contribution in [3.63, 3.8) is 0 Å². The summed E-state index contributed by atoms with van der Waals surface area (Å²) in [5.41, 5.74) is 0.0131. The maximum Gasteiger partial charge on any atom is 0.156 e. The largest absolute Gasteiger partial charge is 0.206 e. The lowest BCUT2D eigenvalue weighted by atomic mass is 10.2. The van der Waals surface area contributed by atoms with Crippen molar-refractivity contribution in [3.8, 4) is 5.69 Å². The number of nitrogens with zero attached hydrogens (tertiary/aromatic N) is 4. The highest BCUT2D eigenvalue weighted by molar-refractivity contribution is 9.10. The van der Waals surface area contributed by atoms with E-state index >= 15 is 0 Å². The van der Waals surface area contributed by atoms with Gasteiger partial charge in [0.05, 0.1) is 4.47 Å². The monoisotopic (exact) mass is 302 g/mol. The molecule has 1 aromatic heterocycles. The average Bonchev–Trinajstić information content (AvgIpc) is 2.72. The third-order valence-electron chi connectivity index (χ3n) is 2.23. The Kier molecular flexibility index (Phi) is 3.46. The predicted octanol–water partition coefficient (Wildman–Crippen LogP) is 2.66. The van der Waals surface area contributed by atoms with Gasteiger partial charge in [-0.3, -0.25) is 0 Å². The molecule has 0 bridgehead atoms. The molecular formula is C10H9BrF2N4. The maximum atomic E-state index is 13.7. The number of rotatable bonds is 3. The molecule has 0 aliphatic rings. The number of hydrogen-bond donors (Lipinski definition) is 0. The van der Waals surface area contributed by atoms with Crippen molar-refractivity contribution in [2.45, 2.75) is 19.8 Å². The first-order valence-corrected chi connectivity index (χ1v) is 5.85. The highest BCUT2D eigenvalue weighted by Gasteiger charge is 2.14. The molecule has 1 heterocycles. The van der Waals surface area contributed by atoms with E-state index in [1.54, 1.807) is 0 Å². The Morgan fingerprint density at radius 2 is 2.06 bits per heavy atom. The Morgan fingerprint density at radius 1 is 1.29 bits per heavy atom. The van der Waals surface area contributed by atoms with Gasteiger partial charge in [-0.25, -0.2) is 8.78 Å². The predicted molar refractivity (Wildman–Crippen MR) is 60.8 cm³/mol. The van der Waals surface area contributed by atoms with Gasteiger partial charge in [-0.1, -0.05) is 6.92 Å². The van der Waals surface area contributed by atoms with E-state index in [9.17, 15) is 8.78 Å². The first-order valence-electron chi connectivity index (χ1n) is 5.05. The van der Waals surface area contributed by atoms with Gasteiger partial charge in [-0.2, -0.15) is 4.68 Å². The topological polar surface area (TPSA) is 43.6 Å². The summed E-state index contributed by atoms with van der Waals surface area (Å²) in [6.07, 6.45) is 1.42. The van der Waals surface area contributed by atoms with E-state index in [2.05, 4.69) is 31.5 Å². The molecule has 2 aromatic rings. The van der Waals surface area contributed by atoms with Crippen LogP contribution >= 0.6 is 15.9 Å². The van der Waals surface area contributed by atoms with Gasteiger partial charge in [-0.15, -0.1) is 5.10 Å². The van der Waals surface area contributed by atoms with Crippen LogP contribution in [0.4, 0.5) is 8.78 Å². The molecule has 0 aliphatic heterocycles. The minimum Gasteiger partial charge on any atom is -0.206 e. The van der Waals surface area contributed by atoms with E-state index in [1.807, 2.05) is 6.92 Å². The Bertz CT molecular complexity index is 541. The van der Waals surface area contributed by atoms with Crippen LogP contribution in [0.1, 0.15) is 19.2 Å². The van der Waals surface area contributed by atoms with Crippen molar-refractivity contribution in [2.75, 3.05) is 0 Å². The van der Waals surface area contributed by atoms with Crippen LogP contribution < -0.4 is 0 Å². The molecule has 0 saturated carbocycles. The van der Waals surface area contributed by atoms with Crippen molar-refractivity contribution in [2.24, 2.45) is 0 Å². The standard InChI is InChI=1S/C10H9BrF2N4/c1-2-3-10-14-15-16-17(10)9-5-7(12)6(11)4-8(9)13/h4-5H,2-3H2,1H3. The molecule has 1 aromatic carbocycles. The van der Waals surface area contributed by atoms with E-state index in [1.165, 1.54) is 4.68 Å². The first-order chi connectivity index (χ1) is 8.13. The molecule has 0 amide bonds. The zero-order valence-corrected chi connectivity index (χ0v) is 10.6. The third kappa shape index (κ3) is 2.33. The van der Waals surface area contributed by atoms with Gasteiger partial charge in [0.25, 0.3) is 0 Å². The second kappa shape index (κ2) is 4.87. The summed E-state index contributed by atoms with van der Waals surface area (Å²) >= 11 is 2.92. The van der Waals surface area contributed by atoms with Crippen molar-refractivity contribution in [1.29, 1.82) is 0 Å². The zero-order chi connectivity index (χ0) is 12.4. The lowest BCUT2D eigenvalue weighted by Crippen LogP contribution is -2.06. The van der Waals surface area contributed by atoms with Crippen LogP contribution in [0, 0.1) is 11.6 Å². The highest BCUT2D eigenvalue weighted by atomic mass is 79.9. The molecule has 0 atom stereocenters. The normalized spacial score (nSPS) is 10.8. The second-order valence-electron chi connectivity index (χ2n) is 3.47. The van der Waals surface area contributed by atoms with Crippen LogP contribution in [-0.2, 0) is 6.42 Å². The summed E-state index contributed by atoms with van der Waals surface area (Å²) in [5, 5.41) is 10.9. The zero-order valence-electron chi connectivity index (χ0n) is 8.99. The van der Waals surface area contributed by atoms with Gasteiger partial charge in [0.15, 0.2) is 5.82 Å². The minimum absolute atomic E-state index is 0.0131. The third-order valence-corrected chi connectivity index (χ3v) is 2.83. The molecule has 0 fully saturated rings. The van der Waals surface area contributed by atoms with E-state index in [0.717, 1.165) is 18.6 Å². The Labute approximate surface area is 105 Å². The highest BCUT2D eigenvalue weighted by Crippen LogP contribution is 2.22. The van der Waals surface area contributed by atoms with Gasteiger partial charge < -0.3 is 0 Å². The van der Waals surface area contributed by atoms with E-state index in [0.29, 0.717) is 12.2 Å². The van der Waals surface area contributed by atoms with Crippen LogP contribution in [0.25, 0.3) is 5.69 Å². The second-order valence-corrected chi connectivity index (χ2v) is 4.33. The molecule has 7 heteroatoms. The number of halogens is 3. The van der Waals surface area contributed by atoms with Crippen LogP contribution in [0.3, 0.4) is 0 Å². The van der Waals surface area contributed by atoms with Gasteiger partial charge in [0.1, 0.15) is 17.3 Å². The fourth-order valence-electron chi connectivity index (χ4n) is 1.45. The number of benzene rings is 1. The summed E-state index contributed by atoms with van der Waals surface area (Å²) in [7, 11) is 0. The molecule has 0 N–H and O–H groups in total. The number of tetrazole rings is 1. The van der Waals surface area contributed by atoms with Crippen molar-refractivity contribution in [1.82, 2.24) is 20.2 Å². The summed E-state index contributed by atoms with van der Waals surface area (Å²) in [5.74, 6) is -0.629. The molecule has 90 valence electrons. The van der Waals surface area contributed by atoms with E-state index in [4.69, 9.17) is 0 Å². The van der Waals surface area contributed by atoms with E-state index < -0.39 is 11.6 Å². The smallest absolute Gasteiger partial charge is 0.156 e. The molecule has 17 heavy (non-hydrogen) atoms. The number of hydrogen-bond acceptors (Lipinski definition) is 3. The Balaban J connectivity index is 2.52. The first kappa shape index (κ1) is 12.1. The minimum atomic E-state index is -0.581. The Hall–Kier alpha value is -1.37. The Morgan fingerprint density at radius 3 is 2.76 bits per heavy atom. The van der Waals surface area contributed by atoms with E-state index in [-0.39, 0.29) is 10.2 Å². The molecule has 0 saturated heterocycles. The van der Waals surface area contributed by atoms with Gasteiger partial charge in [0.2, 0.25) is 0 Å². The molecule has 2 rings (SSSR count). The van der Waals surface area contributed by atoms with Crippen LogP contribution in [0.5, 0.6) is 0 Å². The van der Waals surface area contributed by atoms with Crippen LogP contribution in [0.15, 0.2) is 16.6 Å². The fraction of sp³-hybridized carbons (Fsp3) is 0.300. The summed E-state index contributed by atoms with van der Waals surface area (Å²) in [6.45, 7) is 1.96. The number of aryl methyl sites for hydroxylation is 1. The fourth-order valence-corrected chi connectivity index (χ4v) is 1.76. The lowest BCUT2D eigenvalue weighted by molar-refractivity contribution is 0.575. The quantitative estimate of drug-likeness (QED) is 0.819. The summed E-state index contributed by atoms with van der Waals surface area (Å²) in [6, 6.07) is 2.12. The van der Waals surface area contributed by atoms with Crippen LogP contribution in [0.2, 0.25) is 0 Å². The van der Waals surface area contributed by atoms with Gasteiger partial charge >= 0.3 is 0 Å². The summed E-state index contributed by atoms with van der Waals surface area (Å²) in [4.78, 5) is 0. The van der Waals surface area contributed by atoms with Crippen LogP contribution in [-0.4, -0.2) is 20.2 Å². The number of aromatic nitrogens is 4. The van der Waals surface area contributed by atoms with Crippen molar-refractivity contribution >= 4 is 15.9 Å². The van der Waals surface area contributed by atoms with Gasteiger partial charge in [0, 0.05) is 12.5 Å². The molecular weight excluding hydrogens is 294 g/mol. The average molecular weight is 303 g/mol. The van der Waals surface area contributed by atoms with Gasteiger partial charge in [-0.05, 0) is 38.8 Å². The lowest BCUT2D eigenvalue weighted by Gasteiger charge is -2.06. The molecule has 0 aliphatic carbocycles. The molecule has 0 spiro atoms. The maximum absolute atomic E-state index is 13.7. The van der Waals surface area contributed by atoms with Crippen molar-refractivity contribution in [3.05, 3.63) is 34.1 Å². The summed E-state index contributed by atoms with van der Waals surface area (Å²) < 4.78 is 28.4. The molecule has 0 unspecified atom stereocenters. The molecule has 0 radical (unpaired) electrons. The SMILES string of the molecule is CCCc1nnnn1-c1cc(F)c(Br)cc1F. The molecule has 4 nitrogen and oxygen atoms in total. The van der Waals surface area contributed by atoms with Crippen molar-refractivity contribution < 1.29 is 8.78 Å².